The van der Waals surface area contributed by atoms with Gasteiger partial charge in [-0.2, -0.15) is 0 Å². The molecule has 2 N–H and O–H groups in total. The van der Waals surface area contributed by atoms with E-state index in [0.29, 0.717) is 22.9 Å². The minimum absolute atomic E-state index is 0.0460. The number of carbonyl (C=O) groups is 1. The molecule has 0 spiro atoms. The molecular weight excluding hydrogens is 228 g/mol. The molecule has 92 valence electrons. The second-order valence-electron chi connectivity index (χ2n) is 4.06. The third-order valence-corrected chi connectivity index (χ3v) is 2.56. The van der Waals surface area contributed by atoms with Crippen LogP contribution in [0.4, 0.5) is 5.69 Å². The molecule has 0 radical (unpaired) electrons. The van der Waals surface area contributed by atoms with Crippen LogP contribution in [-0.4, -0.2) is 10.8 Å². The highest BCUT2D eigenvalue weighted by Crippen LogP contribution is 2.23. The van der Waals surface area contributed by atoms with Crippen LogP contribution in [0, 0.1) is 6.92 Å². The molecule has 0 atom stereocenters. The van der Waals surface area contributed by atoms with Gasteiger partial charge in [-0.1, -0.05) is 0 Å². The maximum Gasteiger partial charge on any atom is 0.219 e. The maximum absolute atomic E-state index is 11.3. The number of hydrogen-bond donors (Lipinski definition) is 1. The Morgan fingerprint density at radius 3 is 2.61 bits per heavy atom. The number of pyridine rings is 1. The van der Waals surface area contributed by atoms with Crippen LogP contribution in [0.25, 0.3) is 0 Å². The van der Waals surface area contributed by atoms with E-state index in [2.05, 4.69) is 4.98 Å². The molecule has 0 aliphatic carbocycles. The van der Waals surface area contributed by atoms with Crippen molar-refractivity contribution < 1.29 is 9.53 Å². The lowest BCUT2D eigenvalue weighted by Gasteiger charge is -2.07. The number of ether oxygens (including phenoxy) is 1. The largest absolute Gasteiger partial charge is 0.439 e. The number of hydrogen-bond acceptors (Lipinski definition) is 4. The van der Waals surface area contributed by atoms with E-state index in [1.165, 1.54) is 6.20 Å². The molecular formula is C14H14N2O2. The molecule has 0 amide bonds. The number of aromatic nitrogens is 1. The Morgan fingerprint density at radius 2 is 2.06 bits per heavy atom. The normalized spacial score (nSPS) is 10.1. The van der Waals surface area contributed by atoms with Gasteiger partial charge in [0, 0.05) is 11.6 Å². The lowest BCUT2D eigenvalue weighted by molar-refractivity contribution is 0.101. The van der Waals surface area contributed by atoms with Crippen LogP contribution in [0.15, 0.2) is 36.5 Å². The number of nitrogens with zero attached hydrogens (tertiary/aromatic N) is 1. The summed E-state index contributed by atoms with van der Waals surface area (Å²) in [6.07, 6.45) is 1.53. The predicted octanol–water partition coefficient (Wildman–Crippen LogP) is 2.97. The minimum Gasteiger partial charge on any atom is -0.439 e. The first kappa shape index (κ1) is 12.1. The average Bonchev–Trinajstić information content (AvgIpc) is 2.32. The zero-order valence-corrected chi connectivity index (χ0v) is 10.3. The topological polar surface area (TPSA) is 65.2 Å². The molecule has 1 aromatic carbocycles. The standard InChI is InChI=1S/C14H14N2O2/c1-9-7-12(4-5-13(9)10(2)17)18-14-6-3-11(15)8-16-14/h3-8H,15H2,1-2H3. The third kappa shape index (κ3) is 2.66. The summed E-state index contributed by atoms with van der Waals surface area (Å²) >= 11 is 0. The fraction of sp³-hybridized carbons (Fsp3) is 0.143. The fourth-order valence-corrected chi connectivity index (χ4v) is 1.67. The molecule has 18 heavy (non-hydrogen) atoms. The second kappa shape index (κ2) is 4.87. The first-order valence-electron chi connectivity index (χ1n) is 5.57. The molecule has 1 aromatic heterocycles. The highest BCUT2D eigenvalue weighted by Gasteiger charge is 2.06. The van der Waals surface area contributed by atoms with E-state index in [1.807, 2.05) is 13.0 Å². The van der Waals surface area contributed by atoms with Crippen molar-refractivity contribution in [1.82, 2.24) is 4.98 Å². The summed E-state index contributed by atoms with van der Waals surface area (Å²) in [7, 11) is 0. The molecule has 0 bridgehead atoms. The smallest absolute Gasteiger partial charge is 0.219 e. The summed E-state index contributed by atoms with van der Waals surface area (Å²) in [6.45, 7) is 3.42. The minimum atomic E-state index is 0.0460. The third-order valence-electron chi connectivity index (χ3n) is 2.56. The molecule has 4 nitrogen and oxygen atoms in total. The summed E-state index contributed by atoms with van der Waals surface area (Å²) in [4.78, 5) is 15.4. The Morgan fingerprint density at radius 1 is 1.28 bits per heavy atom. The number of anilines is 1. The Hall–Kier alpha value is -2.36. The van der Waals surface area contributed by atoms with E-state index in [-0.39, 0.29) is 5.78 Å². The van der Waals surface area contributed by atoms with Crippen LogP contribution < -0.4 is 10.5 Å². The molecule has 0 aliphatic rings. The zero-order chi connectivity index (χ0) is 13.1. The van der Waals surface area contributed by atoms with Crippen molar-refractivity contribution in [3.05, 3.63) is 47.7 Å². The highest BCUT2D eigenvalue weighted by molar-refractivity contribution is 5.95. The summed E-state index contributed by atoms with van der Waals surface area (Å²) in [5, 5.41) is 0. The van der Waals surface area contributed by atoms with Crippen LogP contribution in [-0.2, 0) is 0 Å². The van der Waals surface area contributed by atoms with E-state index in [4.69, 9.17) is 10.5 Å². The van der Waals surface area contributed by atoms with E-state index in [0.717, 1.165) is 5.56 Å². The van der Waals surface area contributed by atoms with Crippen molar-refractivity contribution in [2.75, 3.05) is 5.73 Å². The number of nitrogen functional groups attached to an aromatic ring is 1. The summed E-state index contributed by atoms with van der Waals surface area (Å²) in [5.74, 6) is 1.17. The van der Waals surface area contributed by atoms with Crippen LogP contribution in [0.3, 0.4) is 0 Å². The van der Waals surface area contributed by atoms with Crippen molar-refractivity contribution in [2.45, 2.75) is 13.8 Å². The number of Topliss-reactive ketones (excluding diaryl/α,β-unsaturated/α-hetero) is 1. The summed E-state index contributed by atoms with van der Waals surface area (Å²) < 4.78 is 5.57. The Kier molecular flexibility index (Phi) is 3.28. The quantitative estimate of drug-likeness (QED) is 0.840. The maximum atomic E-state index is 11.3. The van der Waals surface area contributed by atoms with Crippen LogP contribution in [0.5, 0.6) is 11.6 Å². The molecule has 0 unspecified atom stereocenters. The van der Waals surface area contributed by atoms with Gasteiger partial charge in [-0.15, -0.1) is 0 Å². The van der Waals surface area contributed by atoms with Crippen molar-refractivity contribution in [2.24, 2.45) is 0 Å². The Balaban J connectivity index is 2.22. The molecule has 0 fully saturated rings. The molecule has 2 aromatic rings. The van der Waals surface area contributed by atoms with Gasteiger partial charge in [0.1, 0.15) is 5.75 Å². The van der Waals surface area contributed by atoms with Crippen molar-refractivity contribution in [1.29, 1.82) is 0 Å². The van der Waals surface area contributed by atoms with E-state index < -0.39 is 0 Å². The number of rotatable bonds is 3. The molecule has 2 rings (SSSR count). The van der Waals surface area contributed by atoms with Crippen molar-refractivity contribution in [3.63, 3.8) is 0 Å². The van der Waals surface area contributed by atoms with E-state index >= 15 is 0 Å². The number of carbonyl (C=O) groups excluding carboxylic acids is 1. The predicted molar refractivity (Wildman–Crippen MR) is 69.9 cm³/mol. The number of ketones is 1. The van der Waals surface area contributed by atoms with Crippen LogP contribution >= 0.6 is 0 Å². The van der Waals surface area contributed by atoms with E-state index in [1.54, 1.807) is 31.2 Å². The highest BCUT2D eigenvalue weighted by atomic mass is 16.5. The molecule has 0 aliphatic heterocycles. The monoisotopic (exact) mass is 242 g/mol. The van der Waals surface area contributed by atoms with Gasteiger partial charge in [0.15, 0.2) is 5.78 Å². The van der Waals surface area contributed by atoms with Crippen molar-refractivity contribution >= 4 is 11.5 Å². The lowest BCUT2D eigenvalue weighted by atomic mass is 10.1. The molecule has 4 heteroatoms. The number of aryl methyl sites for hydroxylation is 1. The van der Waals surface area contributed by atoms with Crippen LogP contribution in [0.1, 0.15) is 22.8 Å². The van der Waals surface area contributed by atoms with Gasteiger partial charge >= 0.3 is 0 Å². The average molecular weight is 242 g/mol. The molecule has 0 saturated heterocycles. The van der Waals surface area contributed by atoms with Crippen LogP contribution in [0.2, 0.25) is 0 Å². The van der Waals surface area contributed by atoms with E-state index in [9.17, 15) is 4.79 Å². The summed E-state index contributed by atoms with van der Waals surface area (Å²) in [5.41, 5.74) is 7.72. The first-order valence-corrected chi connectivity index (χ1v) is 5.57. The van der Waals surface area contributed by atoms with Gasteiger partial charge in [0.2, 0.25) is 5.88 Å². The molecule has 1 heterocycles. The Labute approximate surface area is 105 Å². The number of nitrogens with two attached hydrogens (primary N) is 1. The zero-order valence-electron chi connectivity index (χ0n) is 10.3. The number of benzene rings is 1. The van der Waals surface area contributed by atoms with Gasteiger partial charge < -0.3 is 10.5 Å². The SMILES string of the molecule is CC(=O)c1ccc(Oc2ccc(N)cn2)cc1C. The summed E-state index contributed by atoms with van der Waals surface area (Å²) in [6, 6.07) is 8.74. The van der Waals surface area contributed by atoms with Gasteiger partial charge in [-0.3, -0.25) is 4.79 Å². The first-order chi connectivity index (χ1) is 8.56. The second-order valence-corrected chi connectivity index (χ2v) is 4.06. The van der Waals surface area contributed by atoms with Gasteiger partial charge in [-0.25, -0.2) is 4.98 Å². The molecule has 0 saturated carbocycles. The van der Waals surface area contributed by atoms with Gasteiger partial charge in [0.05, 0.1) is 11.9 Å². The Bertz CT molecular complexity index is 577. The fourth-order valence-electron chi connectivity index (χ4n) is 1.67. The lowest BCUT2D eigenvalue weighted by Crippen LogP contribution is -1.96. The van der Waals surface area contributed by atoms with Crippen molar-refractivity contribution in [3.8, 4) is 11.6 Å². The van der Waals surface area contributed by atoms with Gasteiger partial charge in [-0.05, 0) is 43.7 Å². The van der Waals surface area contributed by atoms with Gasteiger partial charge in [0.25, 0.3) is 0 Å².